The summed E-state index contributed by atoms with van der Waals surface area (Å²) >= 11 is 1.40. The van der Waals surface area contributed by atoms with E-state index in [1.165, 1.54) is 30.4 Å². The topological polar surface area (TPSA) is 49.3 Å². The van der Waals surface area contributed by atoms with Crippen molar-refractivity contribution in [3.05, 3.63) is 41.2 Å². The molecule has 1 amide bonds. The molecule has 1 aliphatic heterocycles. The molecule has 0 bridgehead atoms. The number of aromatic nitrogens is 2. The monoisotopic (exact) mass is 350 g/mol. The molecule has 2 fully saturated rings. The van der Waals surface area contributed by atoms with E-state index in [1.54, 1.807) is 4.90 Å². The predicted molar refractivity (Wildman–Crippen MR) is 86.4 cm³/mol. The summed E-state index contributed by atoms with van der Waals surface area (Å²) in [5.41, 5.74) is 0.175. The van der Waals surface area contributed by atoms with Crippen LogP contribution in [-0.2, 0) is 0 Å². The van der Waals surface area contributed by atoms with Gasteiger partial charge >= 0.3 is 0 Å². The zero-order chi connectivity index (χ0) is 16.7. The van der Waals surface area contributed by atoms with E-state index in [1.807, 2.05) is 0 Å². The molecule has 0 N–H and O–H groups in total. The smallest absolute Gasteiger partial charge is 0.254 e. The fourth-order valence-corrected chi connectivity index (χ4v) is 3.57. The number of hydrogen-bond donors (Lipinski definition) is 0. The van der Waals surface area contributed by atoms with Crippen molar-refractivity contribution >= 4 is 22.6 Å². The average Bonchev–Trinajstić information content (AvgIpc) is 3.34. The number of piperazine rings is 1. The number of anilines is 1. The molecule has 126 valence electrons. The van der Waals surface area contributed by atoms with Crippen molar-refractivity contribution in [2.24, 2.45) is 0 Å². The first-order chi connectivity index (χ1) is 11.6. The van der Waals surface area contributed by atoms with E-state index >= 15 is 0 Å². The van der Waals surface area contributed by atoms with Gasteiger partial charge in [0.25, 0.3) is 5.91 Å². The normalized spacial score (nSPS) is 18.1. The van der Waals surface area contributed by atoms with Crippen LogP contribution in [0.15, 0.2) is 18.2 Å². The van der Waals surface area contributed by atoms with Crippen molar-refractivity contribution in [2.45, 2.75) is 18.8 Å². The van der Waals surface area contributed by atoms with Crippen molar-refractivity contribution in [1.29, 1.82) is 0 Å². The lowest BCUT2D eigenvalue weighted by molar-refractivity contribution is 0.0746. The number of rotatable bonds is 3. The van der Waals surface area contributed by atoms with Gasteiger partial charge in [0.05, 0.1) is 0 Å². The molecule has 5 nitrogen and oxygen atoms in total. The molecule has 0 unspecified atom stereocenters. The lowest BCUT2D eigenvalue weighted by Crippen LogP contribution is -2.48. The van der Waals surface area contributed by atoms with E-state index in [0.29, 0.717) is 32.1 Å². The summed E-state index contributed by atoms with van der Waals surface area (Å²) in [6.07, 6.45) is 2.35. The van der Waals surface area contributed by atoms with Gasteiger partial charge in [-0.15, -0.1) is 0 Å². The quantitative estimate of drug-likeness (QED) is 0.854. The molecule has 0 spiro atoms. The van der Waals surface area contributed by atoms with Crippen LogP contribution in [0.3, 0.4) is 0 Å². The minimum Gasteiger partial charge on any atom is -0.343 e. The second kappa shape index (κ2) is 6.08. The molecule has 0 radical (unpaired) electrons. The van der Waals surface area contributed by atoms with Crippen LogP contribution in [0.25, 0.3) is 0 Å². The van der Waals surface area contributed by atoms with Gasteiger partial charge in [-0.2, -0.15) is 4.37 Å². The van der Waals surface area contributed by atoms with Gasteiger partial charge in [-0.05, 0) is 31.0 Å². The average molecular weight is 350 g/mol. The Morgan fingerprint density at radius 1 is 1.12 bits per heavy atom. The van der Waals surface area contributed by atoms with Crippen LogP contribution in [0.5, 0.6) is 0 Å². The van der Waals surface area contributed by atoms with Crippen LogP contribution < -0.4 is 4.90 Å². The number of benzene rings is 1. The summed E-state index contributed by atoms with van der Waals surface area (Å²) in [6.45, 7) is 2.37. The molecule has 1 saturated heterocycles. The Kier molecular flexibility index (Phi) is 3.91. The highest BCUT2D eigenvalue weighted by Gasteiger charge is 2.30. The first-order valence-electron chi connectivity index (χ1n) is 7.94. The second-order valence-electron chi connectivity index (χ2n) is 6.12. The van der Waals surface area contributed by atoms with Crippen LogP contribution in [0.2, 0.25) is 0 Å². The molecular weight excluding hydrogens is 334 g/mol. The molecule has 2 aromatic rings. The predicted octanol–water partition coefficient (Wildman–Crippen LogP) is 2.66. The Hall–Kier alpha value is -2.09. The summed E-state index contributed by atoms with van der Waals surface area (Å²) in [5, 5.41) is 0.900. The van der Waals surface area contributed by atoms with Gasteiger partial charge in [0.2, 0.25) is 5.13 Å². The number of halogens is 2. The third kappa shape index (κ3) is 2.98. The molecule has 8 heteroatoms. The molecule has 2 heterocycles. The first kappa shape index (κ1) is 15.4. The van der Waals surface area contributed by atoms with Gasteiger partial charge < -0.3 is 9.80 Å². The van der Waals surface area contributed by atoms with Crippen LogP contribution in [0.4, 0.5) is 13.9 Å². The Bertz CT molecular complexity index is 769. The number of nitrogens with zero attached hydrogens (tertiary/aromatic N) is 4. The summed E-state index contributed by atoms with van der Waals surface area (Å²) in [6, 6.07) is 3.26. The lowest BCUT2D eigenvalue weighted by atomic mass is 10.1. The van der Waals surface area contributed by atoms with Crippen LogP contribution in [0.1, 0.15) is 34.9 Å². The molecule has 0 atom stereocenters. The highest BCUT2D eigenvalue weighted by molar-refractivity contribution is 7.09. The maximum absolute atomic E-state index is 13.3. The number of carbonyl (C=O) groups is 1. The van der Waals surface area contributed by atoms with Crippen molar-refractivity contribution < 1.29 is 13.6 Å². The third-order valence-electron chi connectivity index (χ3n) is 4.38. The van der Waals surface area contributed by atoms with Crippen molar-refractivity contribution in [3.63, 3.8) is 0 Å². The van der Waals surface area contributed by atoms with E-state index in [4.69, 9.17) is 0 Å². The third-order valence-corrected chi connectivity index (χ3v) is 5.17. The SMILES string of the molecule is O=C(c1ccc(F)c(F)c1)N1CCN(c2nc(C3CC3)ns2)CC1. The Morgan fingerprint density at radius 2 is 1.88 bits per heavy atom. The number of hydrogen-bond acceptors (Lipinski definition) is 5. The molecule has 1 aromatic heterocycles. The second-order valence-corrected chi connectivity index (χ2v) is 6.85. The van der Waals surface area contributed by atoms with Gasteiger partial charge in [-0.1, -0.05) is 0 Å². The van der Waals surface area contributed by atoms with Gasteiger partial charge in [0.1, 0.15) is 5.82 Å². The maximum Gasteiger partial charge on any atom is 0.254 e. The van der Waals surface area contributed by atoms with Gasteiger partial charge in [-0.3, -0.25) is 4.79 Å². The summed E-state index contributed by atoms with van der Waals surface area (Å²) < 4.78 is 30.7. The highest BCUT2D eigenvalue weighted by Crippen LogP contribution is 2.39. The van der Waals surface area contributed by atoms with Gasteiger partial charge in [0, 0.05) is 49.2 Å². The Morgan fingerprint density at radius 3 is 2.54 bits per heavy atom. The number of carbonyl (C=O) groups excluding carboxylic acids is 1. The van der Waals surface area contributed by atoms with Crippen LogP contribution in [0, 0.1) is 11.6 Å². The lowest BCUT2D eigenvalue weighted by Gasteiger charge is -2.34. The minimum absolute atomic E-state index is 0.175. The Labute approximate surface area is 142 Å². The summed E-state index contributed by atoms with van der Waals surface area (Å²) in [4.78, 5) is 20.8. The van der Waals surface area contributed by atoms with Crippen LogP contribution in [-0.4, -0.2) is 46.3 Å². The Balaban J connectivity index is 1.39. The maximum atomic E-state index is 13.3. The molecule has 1 saturated carbocycles. The molecule has 4 rings (SSSR count). The van der Waals surface area contributed by atoms with E-state index in [2.05, 4.69) is 14.3 Å². The van der Waals surface area contributed by atoms with E-state index in [9.17, 15) is 13.6 Å². The molecular formula is C16H16F2N4OS. The molecule has 2 aliphatic rings. The zero-order valence-corrected chi connectivity index (χ0v) is 13.7. The van der Waals surface area contributed by atoms with E-state index in [-0.39, 0.29) is 11.5 Å². The molecule has 1 aliphatic carbocycles. The van der Waals surface area contributed by atoms with Crippen LogP contribution >= 0.6 is 11.5 Å². The van der Waals surface area contributed by atoms with Crippen molar-refractivity contribution in [3.8, 4) is 0 Å². The standard InChI is InChI=1S/C16H16F2N4OS/c17-12-4-3-11(9-13(12)18)15(23)21-5-7-22(8-6-21)16-19-14(20-24-16)10-1-2-10/h3-4,9-10H,1-2,5-8H2. The summed E-state index contributed by atoms with van der Waals surface area (Å²) in [5.74, 6) is -0.744. The first-order valence-corrected chi connectivity index (χ1v) is 8.72. The van der Waals surface area contributed by atoms with Crippen molar-refractivity contribution in [2.75, 3.05) is 31.1 Å². The van der Waals surface area contributed by atoms with Gasteiger partial charge in [-0.25, -0.2) is 13.8 Å². The summed E-state index contributed by atoms with van der Waals surface area (Å²) in [7, 11) is 0. The molecule has 1 aromatic carbocycles. The fraction of sp³-hybridized carbons (Fsp3) is 0.438. The highest BCUT2D eigenvalue weighted by atomic mass is 32.1. The minimum atomic E-state index is -0.999. The largest absolute Gasteiger partial charge is 0.343 e. The fourth-order valence-electron chi connectivity index (χ4n) is 2.77. The zero-order valence-electron chi connectivity index (χ0n) is 12.9. The molecule has 24 heavy (non-hydrogen) atoms. The van der Waals surface area contributed by atoms with E-state index in [0.717, 1.165) is 23.1 Å². The van der Waals surface area contributed by atoms with Crippen molar-refractivity contribution in [1.82, 2.24) is 14.3 Å². The van der Waals surface area contributed by atoms with E-state index < -0.39 is 11.6 Å². The number of amides is 1. The van der Waals surface area contributed by atoms with Gasteiger partial charge in [0.15, 0.2) is 11.6 Å².